The first kappa shape index (κ1) is 12.5. The van der Waals surface area contributed by atoms with Gasteiger partial charge in [-0.05, 0) is 44.9 Å². The maximum absolute atomic E-state index is 9.81. The van der Waals surface area contributed by atoms with E-state index in [1.54, 1.807) is 0 Å². The maximum atomic E-state index is 9.81. The molecule has 94 valence electrons. The standard InChI is InChI=1S/C14H22N2O/c1-11-6-7-13(15-9-11)10-16-8-4-3-5-14(16)12(2)17/h6-7,9,12,14,17H,3-5,8,10H2,1-2H3. The van der Waals surface area contributed by atoms with Crippen molar-refractivity contribution in [3.8, 4) is 0 Å². The number of piperidine rings is 1. The highest BCUT2D eigenvalue weighted by Crippen LogP contribution is 2.21. The lowest BCUT2D eigenvalue weighted by atomic mass is 9.98. The van der Waals surface area contributed by atoms with Crippen LogP contribution in [0.5, 0.6) is 0 Å². The third-order valence-corrected chi connectivity index (χ3v) is 3.56. The van der Waals surface area contributed by atoms with E-state index in [0.29, 0.717) is 6.04 Å². The molecule has 2 unspecified atom stereocenters. The van der Waals surface area contributed by atoms with E-state index in [1.165, 1.54) is 18.4 Å². The molecule has 0 aromatic carbocycles. The summed E-state index contributed by atoms with van der Waals surface area (Å²) in [4.78, 5) is 6.81. The molecule has 3 nitrogen and oxygen atoms in total. The molecule has 1 saturated heterocycles. The molecule has 1 N–H and O–H groups in total. The Kier molecular flexibility index (Phi) is 4.13. The number of aliphatic hydroxyl groups is 1. The molecule has 1 fully saturated rings. The first-order valence-corrected chi connectivity index (χ1v) is 6.50. The molecular weight excluding hydrogens is 212 g/mol. The zero-order valence-corrected chi connectivity index (χ0v) is 10.8. The van der Waals surface area contributed by atoms with Gasteiger partial charge in [-0.25, -0.2) is 0 Å². The largest absolute Gasteiger partial charge is 0.392 e. The van der Waals surface area contributed by atoms with Crippen LogP contribution < -0.4 is 0 Å². The van der Waals surface area contributed by atoms with E-state index in [2.05, 4.69) is 28.9 Å². The summed E-state index contributed by atoms with van der Waals surface area (Å²) in [6.45, 7) is 5.88. The summed E-state index contributed by atoms with van der Waals surface area (Å²) in [5, 5.41) is 9.81. The summed E-state index contributed by atoms with van der Waals surface area (Å²) in [6, 6.07) is 4.49. The minimum Gasteiger partial charge on any atom is -0.392 e. The molecule has 2 atom stereocenters. The number of hydrogen-bond donors (Lipinski definition) is 1. The minimum absolute atomic E-state index is 0.249. The van der Waals surface area contributed by atoms with E-state index in [4.69, 9.17) is 0 Å². The van der Waals surface area contributed by atoms with E-state index in [0.717, 1.165) is 25.2 Å². The fraction of sp³-hybridized carbons (Fsp3) is 0.643. The zero-order chi connectivity index (χ0) is 12.3. The molecule has 0 saturated carbocycles. The van der Waals surface area contributed by atoms with E-state index < -0.39 is 0 Å². The van der Waals surface area contributed by atoms with Crippen molar-refractivity contribution in [2.45, 2.75) is 51.8 Å². The Hall–Kier alpha value is -0.930. The van der Waals surface area contributed by atoms with Crippen LogP contribution in [0.25, 0.3) is 0 Å². The van der Waals surface area contributed by atoms with Crippen LogP contribution >= 0.6 is 0 Å². The smallest absolute Gasteiger partial charge is 0.0667 e. The quantitative estimate of drug-likeness (QED) is 0.870. The highest BCUT2D eigenvalue weighted by Gasteiger charge is 2.26. The monoisotopic (exact) mass is 234 g/mol. The zero-order valence-electron chi connectivity index (χ0n) is 10.8. The van der Waals surface area contributed by atoms with Gasteiger partial charge >= 0.3 is 0 Å². The summed E-state index contributed by atoms with van der Waals surface area (Å²) in [5.41, 5.74) is 2.29. The van der Waals surface area contributed by atoms with Crippen molar-refractivity contribution in [2.24, 2.45) is 0 Å². The van der Waals surface area contributed by atoms with Gasteiger partial charge in [0.05, 0.1) is 11.8 Å². The molecule has 0 radical (unpaired) electrons. The molecule has 0 bridgehead atoms. The van der Waals surface area contributed by atoms with Gasteiger partial charge in [0.15, 0.2) is 0 Å². The van der Waals surface area contributed by atoms with Gasteiger partial charge < -0.3 is 5.11 Å². The Balaban J connectivity index is 2.02. The van der Waals surface area contributed by atoms with Crippen LogP contribution in [0.2, 0.25) is 0 Å². The Bertz CT molecular complexity index is 348. The number of aromatic nitrogens is 1. The Labute approximate surface area is 103 Å². The van der Waals surface area contributed by atoms with Crippen molar-refractivity contribution < 1.29 is 5.11 Å². The molecule has 0 spiro atoms. The molecule has 0 aliphatic carbocycles. The second-order valence-corrected chi connectivity index (χ2v) is 5.10. The highest BCUT2D eigenvalue weighted by atomic mass is 16.3. The molecule has 17 heavy (non-hydrogen) atoms. The van der Waals surface area contributed by atoms with Crippen molar-refractivity contribution in [1.29, 1.82) is 0 Å². The lowest BCUT2D eigenvalue weighted by Gasteiger charge is -2.37. The number of hydrogen-bond acceptors (Lipinski definition) is 3. The average molecular weight is 234 g/mol. The van der Waals surface area contributed by atoms with Crippen LogP contribution in [0.1, 0.15) is 37.4 Å². The first-order chi connectivity index (χ1) is 8.16. The summed E-state index contributed by atoms with van der Waals surface area (Å²) in [7, 11) is 0. The van der Waals surface area contributed by atoms with Crippen molar-refractivity contribution in [2.75, 3.05) is 6.54 Å². The summed E-state index contributed by atoms with van der Waals surface area (Å²) in [5.74, 6) is 0. The molecule has 1 aliphatic heterocycles. The number of aliphatic hydroxyl groups excluding tert-OH is 1. The van der Waals surface area contributed by atoms with Gasteiger partial charge in [-0.2, -0.15) is 0 Å². The number of aryl methyl sites for hydroxylation is 1. The second kappa shape index (κ2) is 5.61. The van der Waals surface area contributed by atoms with Crippen molar-refractivity contribution in [1.82, 2.24) is 9.88 Å². The average Bonchev–Trinajstić information content (AvgIpc) is 2.32. The fourth-order valence-electron chi connectivity index (χ4n) is 2.56. The Morgan fingerprint density at radius 2 is 2.29 bits per heavy atom. The predicted octanol–water partition coefficient (Wildman–Crippen LogP) is 2.13. The van der Waals surface area contributed by atoms with E-state index in [1.807, 2.05) is 13.1 Å². The van der Waals surface area contributed by atoms with Crippen LogP contribution in [0.15, 0.2) is 18.3 Å². The van der Waals surface area contributed by atoms with Crippen molar-refractivity contribution in [3.63, 3.8) is 0 Å². The highest BCUT2D eigenvalue weighted by molar-refractivity contribution is 5.12. The van der Waals surface area contributed by atoms with Gasteiger partial charge in [-0.1, -0.05) is 12.5 Å². The minimum atomic E-state index is -0.249. The van der Waals surface area contributed by atoms with Gasteiger partial charge in [0.1, 0.15) is 0 Å². The normalized spacial score (nSPS) is 23.6. The molecular formula is C14H22N2O. The van der Waals surface area contributed by atoms with Crippen LogP contribution in [-0.2, 0) is 6.54 Å². The molecule has 1 aromatic rings. The molecule has 2 rings (SSSR count). The van der Waals surface area contributed by atoms with Gasteiger partial charge in [0.25, 0.3) is 0 Å². The summed E-state index contributed by atoms with van der Waals surface area (Å²) < 4.78 is 0. The number of nitrogens with zero attached hydrogens (tertiary/aromatic N) is 2. The van der Waals surface area contributed by atoms with E-state index >= 15 is 0 Å². The van der Waals surface area contributed by atoms with Crippen LogP contribution in [0, 0.1) is 6.92 Å². The van der Waals surface area contributed by atoms with Crippen LogP contribution in [-0.4, -0.2) is 33.7 Å². The van der Waals surface area contributed by atoms with Crippen LogP contribution in [0.4, 0.5) is 0 Å². The lowest BCUT2D eigenvalue weighted by Crippen LogP contribution is -2.45. The Morgan fingerprint density at radius 3 is 2.94 bits per heavy atom. The van der Waals surface area contributed by atoms with E-state index in [9.17, 15) is 5.11 Å². The number of rotatable bonds is 3. The second-order valence-electron chi connectivity index (χ2n) is 5.10. The Morgan fingerprint density at radius 1 is 1.47 bits per heavy atom. The van der Waals surface area contributed by atoms with Gasteiger partial charge in [0.2, 0.25) is 0 Å². The third-order valence-electron chi connectivity index (χ3n) is 3.56. The van der Waals surface area contributed by atoms with E-state index in [-0.39, 0.29) is 6.10 Å². The third kappa shape index (κ3) is 3.27. The molecule has 3 heteroatoms. The molecule has 2 heterocycles. The summed E-state index contributed by atoms with van der Waals surface area (Å²) >= 11 is 0. The number of likely N-dealkylation sites (tertiary alicyclic amines) is 1. The SMILES string of the molecule is Cc1ccc(CN2CCCCC2C(C)O)nc1. The lowest BCUT2D eigenvalue weighted by molar-refractivity contribution is 0.0310. The van der Waals surface area contributed by atoms with Crippen molar-refractivity contribution in [3.05, 3.63) is 29.6 Å². The summed E-state index contributed by atoms with van der Waals surface area (Å²) in [6.07, 6.45) is 5.23. The van der Waals surface area contributed by atoms with Gasteiger partial charge in [-0.15, -0.1) is 0 Å². The molecule has 0 amide bonds. The molecule has 1 aromatic heterocycles. The first-order valence-electron chi connectivity index (χ1n) is 6.50. The topological polar surface area (TPSA) is 36.4 Å². The van der Waals surface area contributed by atoms with Crippen LogP contribution in [0.3, 0.4) is 0 Å². The number of pyridine rings is 1. The van der Waals surface area contributed by atoms with Crippen molar-refractivity contribution >= 4 is 0 Å². The fourth-order valence-corrected chi connectivity index (χ4v) is 2.56. The van der Waals surface area contributed by atoms with Gasteiger partial charge in [-0.3, -0.25) is 9.88 Å². The maximum Gasteiger partial charge on any atom is 0.0667 e. The van der Waals surface area contributed by atoms with Gasteiger partial charge in [0, 0.05) is 18.8 Å². The predicted molar refractivity (Wildman–Crippen MR) is 68.7 cm³/mol. The molecule has 1 aliphatic rings.